The number of ether oxygens (including phenoxy) is 1. The number of aromatic nitrogens is 1. The highest BCUT2D eigenvalue weighted by atomic mass is 16.5. The molecule has 0 fully saturated rings. The maximum atomic E-state index is 11.5. The maximum absolute atomic E-state index is 11.5. The van der Waals surface area contributed by atoms with Crippen molar-refractivity contribution in [3.63, 3.8) is 0 Å². The van der Waals surface area contributed by atoms with E-state index in [0.717, 1.165) is 29.4 Å². The Morgan fingerprint density at radius 1 is 1.35 bits per heavy atom. The summed E-state index contributed by atoms with van der Waals surface area (Å²) in [4.78, 5) is 11.5. The van der Waals surface area contributed by atoms with Crippen molar-refractivity contribution in [2.45, 2.75) is 38.8 Å². The van der Waals surface area contributed by atoms with Crippen LogP contribution in [0.1, 0.15) is 25.8 Å². The lowest BCUT2D eigenvalue weighted by atomic mass is 10.0. The van der Waals surface area contributed by atoms with Crippen LogP contribution in [0.15, 0.2) is 30.5 Å². The van der Waals surface area contributed by atoms with Gasteiger partial charge in [0.1, 0.15) is 0 Å². The Hall–Kier alpha value is -1.81. The number of hydrogen-bond donors (Lipinski definition) is 1. The highest BCUT2D eigenvalue weighted by molar-refractivity contribution is 5.87. The Bertz CT molecular complexity index is 608. The fourth-order valence-electron chi connectivity index (χ4n) is 2.28. The predicted octanol–water partition coefficient (Wildman–Crippen LogP) is 2.48. The topological polar surface area (TPSA) is 57.2 Å². The summed E-state index contributed by atoms with van der Waals surface area (Å²) < 4.78 is 6.93. The van der Waals surface area contributed by atoms with E-state index in [1.165, 1.54) is 7.11 Å². The van der Waals surface area contributed by atoms with E-state index >= 15 is 0 Å². The molecule has 0 saturated heterocycles. The fraction of sp³-hybridized carbons (Fsp3) is 0.438. The molecule has 0 spiro atoms. The Balaban J connectivity index is 2.33. The summed E-state index contributed by atoms with van der Waals surface area (Å²) in [6, 6.07) is 8.10. The Morgan fingerprint density at radius 3 is 2.70 bits per heavy atom. The number of carbonyl (C=O) groups excluding carboxylic acids is 1. The molecule has 4 nitrogen and oxygen atoms in total. The molecule has 2 N–H and O–H groups in total. The first kappa shape index (κ1) is 14.6. The Kier molecular flexibility index (Phi) is 4.14. The number of nitrogens with two attached hydrogens (primary N) is 1. The summed E-state index contributed by atoms with van der Waals surface area (Å²) in [6.45, 7) is 4.88. The number of fused-ring (bicyclic) bond motifs is 1. The van der Waals surface area contributed by atoms with Crippen LogP contribution >= 0.6 is 0 Å². The maximum Gasteiger partial charge on any atom is 0.310 e. The van der Waals surface area contributed by atoms with E-state index in [9.17, 15) is 4.79 Å². The van der Waals surface area contributed by atoms with Gasteiger partial charge in [-0.3, -0.25) is 4.79 Å². The molecule has 0 aliphatic heterocycles. The molecule has 0 atom stereocenters. The van der Waals surface area contributed by atoms with Crippen LogP contribution in [-0.2, 0) is 22.5 Å². The summed E-state index contributed by atoms with van der Waals surface area (Å²) in [6.07, 6.45) is 3.21. The van der Waals surface area contributed by atoms with E-state index in [2.05, 4.69) is 10.6 Å². The molecule has 0 aliphatic carbocycles. The lowest BCUT2D eigenvalue weighted by Crippen LogP contribution is -2.33. The summed E-state index contributed by atoms with van der Waals surface area (Å²) in [5, 5.41) is 1.10. The number of para-hydroxylation sites is 1. The van der Waals surface area contributed by atoms with Gasteiger partial charge in [-0.1, -0.05) is 18.2 Å². The molecule has 0 aliphatic rings. The van der Waals surface area contributed by atoms with E-state index in [4.69, 9.17) is 10.5 Å². The molecule has 2 aromatic rings. The third kappa shape index (κ3) is 3.39. The van der Waals surface area contributed by atoms with Crippen LogP contribution < -0.4 is 5.73 Å². The minimum atomic E-state index is -0.216. The van der Waals surface area contributed by atoms with Crippen molar-refractivity contribution < 1.29 is 9.53 Å². The number of methoxy groups -OCH3 is 1. The SMILES string of the molecule is COC(=O)Cc1cn(CCC(C)(C)N)c2ccccc12. The van der Waals surface area contributed by atoms with Gasteiger partial charge in [0.25, 0.3) is 0 Å². The molecule has 2 rings (SSSR count). The first-order valence-corrected chi connectivity index (χ1v) is 6.83. The van der Waals surface area contributed by atoms with Crippen LogP contribution in [-0.4, -0.2) is 23.2 Å². The Labute approximate surface area is 119 Å². The van der Waals surface area contributed by atoms with Crippen molar-refractivity contribution in [3.05, 3.63) is 36.0 Å². The number of esters is 1. The van der Waals surface area contributed by atoms with E-state index in [-0.39, 0.29) is 11.5 Å². The van der Waals surface area contributed by atoms with Gasteiger partial charge < -0.3 is 15.0 Å². The van der Waals surface area contributed by atoms with Gasteiger partial charge in [-0.2, -0.15) is 0 Å². The van der Waals surface area contributed by atoms with Crippen LogP contribution in [0.4, 0.5) is 0 Å². The minimum absolute atomic E-state index is 0.201. The average Bonchev–Trinajstić information content (AvgIpc) is 2.74. The second-order valence-corrected chi connectivity index (χ2v) is 5.86. The summed E-state index contributed by atoms with van der Waals surface area (Å²) >= 11 is 0. The van der Waals surface area contributed by atoms with Gasteiger partial charge in [-0.05, 0) is 31.9 Å². The van der Waals surface area contributed by atoms with E-state index < -0.39 is 0 Å². The largest absolute Gasteiger partial charge is 0.469 e. The molecule has 0 unspecified atom stereocenters. The molecule has 108 valence electrons. The number of hydrogen-bond acceptors (Lipinski definition) is 3. The number of carbonyl (C=O) groups is 1. The normalized spacial score (nSPS) is 11.8. The molecule has 1 aromatic carbocycles. The standard InChI is InChI=1S/C16H22N2O2/c1-16(2,17)8-9-18-11-12(10-15(19)20-3)13-6-4-5-7-14(13)18/h4-7,11H,8-10,17H2,1-3H3. The number of nitrogens with zero attached hydrogens (tertiary/aromatic N) is 1. The third-order valence-corrected chi connectivity index (χ3v) is 3.43. The van der Waals surface area contributed by atoms with Crippen LogP contribution in [0.2, 0.25) is 0 Å². The molecule has 0 bridgehead atoms. The monoisotopic (exact) mass is 274 g/mol. The number of rotatable bonds is 5. The molecule has 0 radical (unpaired) electrons. The van der Waals surface area contributed by atoms with Crippen LogP contribution in [0, 0.1) is 0 Å². The molecule has 0 saturated carbocycles. The van der Waals surface area contributed by atoms with Crippen molar-refractivity contribution in [2.24, 2.45) is 5.73 Å². The van der Waals surface area contributed by atoms with Gasteiger partial charge >= 0.3 is 5.97 Å². The van der Waals surface area contributed by atoms with E-state index in [1.807, 2.05) is 38.2 Å². The van der Waals surface area contributed by atoms with Crippen LogP contribution in [0.25, 0.3) is 10.9 Å². The van der Waals surface area contributed by atoms with E-state index in [0.29, 0.717) is 6.42 Å². The first-order valence-electron chi connectivity index (χ1n) is 6.83. The van der Waals surface area contributed by atoms with Crippen molar-refractivity contribution in [1.82, 2.24) is 4.57 Å². The first-order chi connectivity index (χ1) is 9.40. The number of benzene rings is 1. The third-order valence-electron chi connectivity index (χ3n) is 3.43. The van der Waals surface area contributed by atoms with Crippen molar-refractivity contribution in [3.8, 4) is 0 Å². The minimum Gasteiger partial charge on any atom is -0.469 e. The Morgan fingerprint density at radius 2 is 2.05 bits per heavy atom. The molecular weight excluding hydrogens is 252 g/mol. The molecule has 20 heavy (non-hydrogen) atoms. The molecule has 0 amide bonds. The van der Waals surface area contributed by atoms with Crippen LogP contribution in [0.3, 0.4) is 0 Å². The van der Waals surface area contributed by atoms with Gasteiger partial charge in [-0.15, -0.1) is 0 Å². The average molecular weight is 274 g/mol. The van der Waals surface area contributed by atoms with Gasteiger partial charge in [-0.25, -0.2) is 0 Å². The summed E-state index contributed by atoms with van der Waals surface area (Å²) in [5.41, 5.74) is 7.99. The second kappa shape index (κ2) is 5.67. The van der Waals surface area contributed by atoms with Crippen LogP contribution in [0.5, 0.6) is 0 Å². The zero-order chi connectivity index (χ0) is 14.8. The quantitative estimate of drug-likeness (QED) is 0.852. The molecule has 1 aromatic heterocycles. The molecule has 1 heterocycles. The fourth-order valence-corrected chi connectivity index (χ4v) is 2.28. The zero-order valence-corrected chi connectivity index (χ0v) is 12.3. The summed E-state index contributed by atoms with van der Waals surface area (Å²) in [5.74, 6) is -0.216. The van der Waals surface area contributed by atoms with Gasteiger partial charge in [0.15, 0.2) is 0 Å². The smallest absolute Gasteiger partial charge is 0.310 e. The van der Waals surface area contributed by atoms with Gasteiger partial charge in [0.2, 0.25) is 0 Å². The number of aryl methyl sites for hydroxylation is 1. The van der Waals surface area contributed by atoms with Gasteiger partial charge in [0, 0.05) is 29.2 Å². The van der Waals surface area contributed by atoms with E-state index in [1.54, 1.807) is 0 Å². The predicted molar refractivity (Wildman–Crippen MR) is 80.5 cm³/mol. The molecular formula is C16H22N2O2. The van der Waals surface area contributed by atoms with Crippen molar-refractivity contribution in [2.75, 3.05) is 7.11 Å². The lowest BCUT2D eigenvalue weighted by molar-refractivity contribution is -0.139. The van der Waals surface area contributed by atoms with Gasteiger partial charge in [0.05, 0.1) is 13.5 Å². The molecule has 4 heteroatoms. The highest BCUT2D eigenvalue weighted by Crippen LogP contribution is 2.23. The second-order valence-electron chi connectivity index (χ2n) is 5.86. The zero-order valence-electron chi connectivity index (χ0n) is 12.3. The van der Waals surface area contributed by atoms with Crippen molar-refractivity contribution >= 4 is 16.9 Å². The summed E-state index contributed by atoms with van der Waals surface area (Å²) in [7, 11) is 1.42. The highest BCUT2D eigenvalue weighted by Gasteiger charge is 2.14. The lowest BCUT2D eigenvalue weighted by Gasteiger charge is -2.18. The van der Waals surface area contributed by atoms with Crippen molar-refractivity contribution in [1.29, 1.82) is 0 Å².